The molecule has 0 saturated carbocycles. The van der Waals surface area contributed by atoms with E-state index in [1.54, 1.807) is 25.3 Å². The van der Waals surface area contributed by atoms with Gasteiger partial charge < -0.3 is 10.4 Å². The predicted molar refractivity (Wildman–Crippen MR) is 113 cm³/mol. The highest BCUT2D eigenvalue weighted by atomic mass is 32.2. The summed E-state index contributed by atoms with van der Waals surface area (Å²) in [4.78, 5) is 23.3. The molecule has 1 aliphatic heterocycles. The van der Waals surface area contributed by atoms with E-state index in [0.717, 1.165) is 5.69 Å². The van der Waals surface area contributed by atoms with Crippen LogP contribution in [0.4, 0.5) is 13.2 Å². The van der Waals surface area contributed by atoms with Crippen LogP contribution in [-0.4, -0.2) is 77.4 Å². The van der Waals surface area contributed by atoms with Gasteiger partial charge in [-0.1, -0.05) is 25.1 Å². The molecule has 33 heavy (non-hydrogen) atoms. The Kier molecular flexibility index (Phi) is 8.99. The molecule has 0 radical (unpaired) electrons. The quantitative estimate of drug-likeness (QED) is 0.606. The first kappa shape index (κ1) is 26.3. The Morgan fingerprint density at radius 3 is 2.42 bits per heavy atom. The molecule has 0 bridgehead atoms. The second kappa shape index (κ2) is 11.3. The molecule has 1 aromatic heterocycles. The lowest BCUT2D eigenvalue weighted by Gasteiger charge is -2.33. The van der Waals surface area contributed by atoms with Crippen LogP contribution in [0.5, 0.6) is 0 Å². The molecular weight excluding hydrogens is 465 g/mol. The summed E-state index contributed by atoms with van der Waals surface area (Å²) < 4.78 is 57.2. The number of nitrogens with zero attached hydrogens (tertiary/aromatic N) is 3. The van der Waals surface area contributed by atoms with E-state index >= 15 is 0 Å². The van der Waals surface area contributed by atoms with Gasteiger partial charge in [0.05, 0.1) is 17.5 Å². The molecule has 0 fully saturated rings. The number of carboxylic acids is 1. The summed E-state index contributed by atoms with van der Waals surface area (Å²) in [5.74, 6) is -2.56. The summed E-state index contributed by atoms with van der Waals surface area (Å²) in [6.45, 7) is 3.93. The second-order valence-electron chi connectivity index (χ2n) is 7.27. The maximum Gasteiger partial charge on any atom is 0.490 e. The van der Waals surface area contributed by atoms with Crippen LogP contribution in [0, 0.1) is 0 Å². The Hall–Kier alpha value is -2.93. The van der Waals surface area contributed by atoms with Crippen LogP contribution in [0.15, 0.2) is 42.6 Å². The zero-order valence-corrected chi connectivity index (χ0v) is 18.6. The molecule has 2 aromatic rings. The summed E-state index contributed by atoms with van der Waals surface area (Å²) in [5.41, 5.74) is 1.65. The number of aromatic nitrogens is 2. The number of benzene rings is 1. The second-order valence-corrected chi connectivity index (χ2v) is 9.74. The van der Waals surface area contributed by atoms with Crippen LogP contribution in [0.3, 0.4) is 0 Å². The molecule has 0 saturated heterocycles. The van der Waals surface area contributed by atoms with Gasteiger partial charge in [-0.25, -0.2) is 13.2 Å². The Morgan fingerprint density at radius 1 is 1.21 bits per heavy atom. The van der Waals surface area contributed by atoms with Crippen molar-refractivity contribution in [3.05, 3.63) is 53.9 Å². The number of carbonyl (C=O) groups is 2. The van der Waals surface area contributed by atoms with Crippen LogP contribution in [-0.2, 0) is 21.2 Å². The number of fused-ring (bicyclic) bond motifs is 1. The molecule has 9 nitrogen and oxygen atoms in total. The van der Waals surface area contributed by atoms with E-state index in [1.165, 1.54) is 0 Å². The average molecular weight is 491 g/mol. The molecule has 1 aliphatic rings. The highest BCUT2D eigenvalue weighted by Crippen LogP contribution is 2.20. The molecule has 1 amide bonds. The Labute approximate surface area is 189 Å². The molecule has 1 atom stereocenters. The largest absolute Gasteiger partial charge is 0.490 e. The van der Waals surface area contributed by atoms with Crippen molar-refractivity contribution in [2.45, 2.75) is 25.7 Å². The van der Waals surface area contributed by atoms with E-state index in [1.807, 2.05) is 28.9 Å². The molecule has 13 heteroatoms. The van der Waals surface area contributed by atoms with Crippen molar-refractivity contribution in [3.63, 3.8) is 0 Å². The minimum absolute atomic E-state index is 0.0225. The topological polar surface area (TPSA) is 122 Å². The first-order chi connectivity index (χ1) is 15.4. The molecule has 1 unspecified atom stereocenters. The van der Waals surface area contributed by atoms with Gasteiger partial charge >= 0.3 is 12.1 Å². The van der Waals surface area contributed by atoms with E-state index < -0.39 is 22.0 Å². The molecule has 0 spiro atoms. The van der Waals surface area contributed by atoms with Crippen LogP contribution in [0.2, 0.25) is 0 Å². The highest BCUT2D eigenvalue weighted by Gasteiger charge is 2.38. The van der Waals surface area contributed by atoms with E-state index in [9.17, 15) is 26.4 Å². The predicted octanol–water partition coefficient (Wildman–Crippen LogP) is 1.74. The third-order valence-electron chi connectivity index (χ3n) is 4.89. The van der Waals surface area contributed by atoms with Crippen LogP contribution in [0.1, 0.15) is 29.0 Å². The third-order valence-corrected chi connectivity index (χ3v) is 6.57. The molecule has 0 aliphatic carbocycles. The van der Waals surface area contributed by atoms with Gasteiger partial charge in [-0.15, -0.1) is 0 Å². The summed E-state index contributed by atoms with van der Waals surface area (Å²) >= 11 is 0. The smallest absolute Gasteiger partial charge is 0.475 e. The van der Waals surface area contributed by atoms with Crippen molar-refractivity contribution in [2.75, 3.05) is 31.1 Å². The number of hydrogen-bond acceptors (Lipinski definition) is 6. The maximum absolute atomic E-state index is 12.3. The molecule has 1 aromatic carbocycles. The van der Waals surface area contributed by atoms with Gasteiger partial charge in [-0.3, -0.25) is 14.4 Å². The van der Waals surface area contributed by atoms with Crippen molar-refractivity contribution >= 4 is 21.7 Å². The number of rotatable bonds is 7. The number of alkyl halides is 3. The van der Waals surface area contributed by atoms with Gasteiger partial charge in [0.2, 0.25) is 0 Å². The molecule has 3 rings (SSSR count). The number of aliphatic carboxylic acids is 1. The third kappa shape index (κ3) is 8.17. The number of hydrogen-bond donors (Lipinski definition) is 2. The SMILES string of the molecule is CCS(=O)(=O)CCN1Cc2ccnn2C(CNC(=O)c2ccccc2)C1.O=C(O)C(F)(F)F. The van der Waals surface area contributed by atoms with Crippen LogP contribution < -0.4 is 5.32 Å². The first-order valence-electron chi connectivity index (χ1n) is 10.0. The lowest BCUT2D eigenvalue weighted by molar-refractivity contribution is -0.192. The van der Waals surface area contributed by atoms with E-state index in [2.05, 4.69) is 15.3 Å². The number of amides is 1. The first-order valence-corrected chi connectivity index (χ1v) is 11.8. The van der Waals surface area contributed by atoms with Crippen molar-refractivity contribution in [2.24, 2.45) is 0 Å². The van der Waals surface area contributed by atoms with Gasteiger partial charge in [-0.2, -0.15) is 18.3 Å². The van der Waals surface area contributed by atoms with Gasteiger partial charge in [-0.05, 0) is 18.2 Å². The molecular formula is C20H25F3N4O5S. The Bertz CT molecular complexity index is 1040. The lowest BCUT2D eigenvalue weighted by Crippen LogP contribution is -2.44. The van der Waals surface area contributed by atoms with Gasteiger partial charge in [0.1, 0.15) is 0 Å². The van der Waals surface area contributed by atoms with Crippen molar-refractivity contribution in [1.82, 2.24) is 20.0 Å². The number of nitrogens with one attached hydrogen (secondary N) is 1. The van der Waals surface area contributed by atoms with Crippen LogP contribution in [0.25, 0.3) is 0 Å². The summed E-state index contributed by atoms with van der Waals surface area (Å²) in [6.07, 6.45) is -3.34. The zero-order valence-electron chi connectivity index (χ0n) is 17.8. The number of carboxylic acid groups (broad SMARTS) is 1. The molecule has 2 N–H and O–H groups in total. The Balaban J connectivity index is 0.000000479. The minimum atomic E-state index is -5.08. The standard InChI is InChI=1S/C18H24N4O3S.C2HF3O2/c1-2-26(24,25)11-10-21-13-16-8-9-20-22(16)17(14-21)12-19-18(23)15-6-4-3-5-7-15;3-2(4,5)1(6)7/h3-9,17H,2,10-14H2,1H3,(H,19,23);(H,6,7). The maximum atomic E-state index is 12.3. The number of sulfone groups is 1. The fourth-order valence-corrected chi connectivity index (χ4v) is 3.93. The fourth-order valence-electron chi connectivity index (χ4n) is 3.10. The van der Waals surface area contributed by atoms with Crippen molar-refractivity contribution in [1.29, 1.82) is 0 Å². The van der Waals surface area contributed by atoms with Gasteiger partial charge in [0.25, 0.3) is 5.91 Å². The van der Waals surface area contributed by atoms with E-state index in [0.29, 0.717) is 31.7 Å². The monoisotopic (exact) mass is 490 g/mol. The fraction of sp³-hybridized carbons (Fsp3) is 0.450. The van der Waals surface area contributed by atoms with Gasteiger partial charge in [0.15, 0.2) is 9.84 Å². The van der Waals surface area contributed by atoms with Crippen molar-refractivity contribution in [3.8, 4) is 0 Å². The zero-order chi connectivity index (χ0) is 24.6. The van der Waals surface area contributed by atoms with Crippen LogP contribution >= 0.6 is 0 Å². The Morgan fingerprint density at radius 2 is 1.85 bits per heavy atom. The normalized spacial score (nSPS) is 16.3. The lowest BCUT2D eigenvalue weighted by atomic mass is 10.1. The van der Waals surface area contributed by atoms with E-state index in [-0.39, 0.29) is 23.5 Å². The van der Waals surface area contributed by atoms with Crippen molar-refractivity contribution < 1.29 is 36.3 Å². The average Bonchev–Trinajstić information content (AvgIpc) is 3.25. The number of halogens is 3. The summed E-state index contributed by atoms with van der Waals surface area (Å²) in [6, 6.07) is 11.0. The molecule has 2 heterocycles. The van der Waals surface area contributed by atoms with Gasteiger partial charge in [0, 0.05) is 43.7 Å². The highest BCUT2D eigenvalue weighted by molar-refractivity contribution is 7.91. The summed E-state index contributed by atoms with van der Waals surface area (Å²) in [7, 11) is -3.00. The van der Waals surface area contributed by atoms with E-state index in [4.69, 9.17) is 9.90 Å². The number of carbonyl (C=O) groups excluding carboxylic acids is 1. The minimum Gasteiger partial charge on any atom is -0.475 e. The molecule has 182 valence electrons. The summed E-state index contributed by atoms with van der Waals surface area (Å²) in [5, 5.41) is 14.5.